The maximum absolute atomic E-state index is 13.1. The number of nitrogens with two attached hydrogens (primary N) is 1. The minimum atomic E-state index is -0.696. The van der Waals surface area contributed by atoms with Crippen LogP contribution in [0.15, 0.2) is 47.1 Å². The van der Waals surface area contributed by atoms with Crippen LogP contribution in [0, 0.1) is 16.7 Å². The van der Waals surface area contributed by atoms with E-state index >= 15 is 0 Å². The first-order valence-electron chi connectivity index (χ1n) is 9.22. The Kier molecular flexibility index (Phi) is 4.51. The number of carbonyl (C=O) groups excluding carboxylic acids is 1. The van der Waals surface area contributed by atoms with E-state index in [1.54, 1.807) is 13.2 Å². The molecule has 1 aliphatic heterocycles. The fourth-order valence-electron chi connectivity index (χ4n) is 4.06. The van der Waals surface area contributed by atoms with Crippen LogP contribution in [0.2, 0.25) is 5.15 Å². The van der Waals surface area contributed by atoms with Gasteiger partial charge in [-0.05, 0) is 23.6 Å². The summed E-state index contributed by atoms with van der Waals surface area (Å²) in [5.41, 5.74) is 7.67. The third kappa shape index (κ3) is 3.22. The van der Waals surface area contributed by atoms with Gasteiger partial charge >= 0.3 is 0 Å². The number of ether oxygens (including phenoxy) is 2. The standard InChI is InChI=1S/C22H20ClN3O3/c1-22(2)8-16(27)19-17(9-22)29-21(25)14(10-24)18(19)13-6-11-4-5-12(28-3)7-15(11)26-20(13)23/h4-7,18H,8-9,25H2,1-3H3/t18-/m0/s1. The highest BCUT2D eigenvalue weighted by molar-refractivity contribution is 6.31. The molecule has 6 nitrogen and oxygen atoms in total. The summed E-state index contributed by atoms with van der Waals surface area (Å²) in [7, 11) is 1.58. The highest BCUT2D eigenvalue weighted by Crippen LogP contribution is 2.49. The zero-order valence-corrected chi connectivity index (χ0v) is 17.1. The molecule has 0 fully saturated rings. The van der Waals surface area contributed by atoms with E-state index in [2.05, 4.69) is 11.1 Å². The van der Waals surface area contributed by atoms with Crippen LogP contribution in [-0.2, 0) is 9.53 Å². The Balaban J connectivity index is 1.94. The molecule has 0 saturated carbocycles. The SMILES string of the molecule is COc1ccc2cc([C@H]3C(C#N)=C(N)OC4=C3C(=O)CC(C)(C)C4)c(Cl)nc2c1. The molecule has 0 amide bonds. The summed E-state index contributed by atoms with van der Waals surface area (Å²) in [4.78, 5) is 17.5. The lowest BCUT2D eigenvalue weighted by molar-refractivity contribution is -0.119. The number of methoxy groups -OCH3 is 1. The molecule has 1 atom stereocenters. The quantitative estimate of drug-likeness (QED) is 0.740. The summed E-state index contributed by atoms with van der Waals surface area (Å²) in [6, 6.07) is 9.42. The minimum absolute atomic E-state index is 0.00708. The Labute approximate surface area is 173 Å². The van der Waals surface area contributed by atoms with Crippen LogP contribution in [-0.4, -0.2) is 17.9 Å². The first kappa shape index (κ1) is 19.3. The van der Waals surface area contributed by atoms with Crippen molar-refractivity contribution in [3.63, 3.8) is 0 Å². The minimum Gasteiger partial charge on any atom is -0.497 e. The molecule has 0 radical (unpaired) electrons. The number of halogens is 1. The number of nitriles is 1. The van der Waals surface area contributed by atoms with Crippen molar-refractivity contribution < 1.29 is 14.3 Å². The second kappa shape index (κ2) is 6.78. The van der Waals surface area contributed by atoms with Gasteiger partial charge in [-0.1, -0.05) is 25.4 Å². The molecule has 1 aromatic heterocycles. The van der Waals surface area contributed by atoms with Crippen LogP contribution in [0.25, 0.3) is 10.9 Å². The number of carbonyl (C=O) groups is 1. The van der Waals surface area contributed by atoms with Crippen molar-refractivity contribution in [2.24, 2.45) is 11.1 Å². The van der Waals surface area contributed by atoms with E-state index in [0.29, 0.717) is 41.0 Å². The average Bonchev–Trinajstić information content (AvgIpc) is 2.65. The van der Waals surface area contributed by atoms with E-state index in [1.165, 1.54) is 0 Å². The van der Waals surface area contributed by atoms with Gasteiger partial charge in [-0.3, -0.25) is 4.79 Å². The molecule has 0 saturated heterocycles. The van der Waals surface area contributed by atoms with Crippen molar-refractivity contribution in [2.75, 3.05) is 7.11 Å². The molecule has 2 N–H and O–H groups in total. The molecular formula is C22H20ClN3O3. The van der Waals surface area contributed by atoms with Crippen LogP contribution in [0.3, 0.4) is 0 Å². The Morgan fingerprint density at radius 2 is 2.10 bits per heavy atom. The molecule has 0 unspecified atom stereocenters. The van der Waals surface area contributed by atoms with Crippen molar-refractivity contribution in [3.05, 3.63) is 57.8 Å². The number of hydrogen-bond acceptors (Lipinski definition) is 6. The molecule has 2 aliphatic rings. The number of fused-ring (bicyclic) bond motifs is 1. The molecule has 1 aliphatic carbocycles. The van der Waals surface area contributed by atoms with Gasteiger partial charge in [-0.2, -0.15) is 5.26 Å². The van der Waals surface area contributed by atoms with Gasteiger partial charge in [0.15, 0.2) is 5.78 Å². The highest BCUT2D eigenvalue weighted by atomic mass is 35.5. The van der Waals surface area contributed by atoms with Crippen molar-refractivity contribution in [1.29, 1.82) is 5.26 Å². The Bertz CT molecular complexity index is 1160. The first-order valence-corrected chi connectivity index (χ1v) is 9.60. The monoisotopic (exact) mass is 409 g/mol. The van der Waals surface area contributed by atoms with Crippen molar-refractivity contribution in [3.8, 4) is 11.8 Å². The lowest BCUT2D eigenvalue weighted by Crippen LogP contribution is -2.33. The van der Waals surface area contributed by atoms with Gasteiger partial charge in [-0.15, -0.1) is 0 Å². The van der Waals surface area contributed by atoms with Crippen molar-refractivity contribution in [1.82, 2.24) is 4.98 Å². The van der Waals surface area contributed by atoms with Gasteiger partial charge in [0.05, 0.1) is 18.5 Å². The first-order chi connectivity index (χ1) is 13.7. The van der Waals surface area contributed by atoms with Crippen LogP contribution in [0.4, 0.5) is 0 Å². The number of ketones is 1. The number of Topliss-reactive ketones (excluding diaryl/α,β-unsaturated/α-hetero) is 1. The third-order valence-corrected chi connectivity index (χ3v) is 5.69. The van der Waals surface area contributed by atoms with Gasteiger partial charge < -0.3 is 15.2 Å². The predicted molar refractivity (Wildman–Crippen MR) is 109 cm³/mol. The molecule has 1 aromatic carbocycles. The Morgan fingerprint density at radius 1 is 1.34 bits per heavy atom. The lowest BCUT2D eigenvalue weighted by atomic mass is 9.70. The number of rotatable bonds is 2. The van der Waals surface area contributed by atoms with Gasteiger partial charge in [0.1, 0.15) is 28.3 Å². The van der Waals surface area contributed by atoms with E-state index in [4.69, 9.17) is 26.8 Å². The van der Waals surface area contributed by atoms with Gasteiger partial charge in [0, 0.05) is 35.4 Å². The molecular weight excluding hydrogens is 390 g/mol. The van der Waals surface area contributed by atoms with Crippen molar-refractivity contribution in [2.45, 2.75) is 32.6 Å². The van der Waals surface area contributed by atoms with E-state index in [9.17, 15) is 10.1 Å². The van der Waals surface area contributed by atoms with E-state index in [1.807, 2.05) is 32.0 Å². The summed E-state index contributed by atoms with van der Waals surface area (Å²) in [6.07, 6.45) is 0.917. The lowest BCUT2D eigenvalue weighted by Gasteiger charge is -2.37. The molecule has 2 aromatic rings. The largest absolute Gasteiger partial charge is 0.497 e. The number of benzene rings is 1. The molecule has 2 heterocycles. The van der Waals surface area contributed by atoms with E-state index < -0.39 is 5.92 Å². The van der Waals surface area contributed by atoms with Gasteiger partial charge in [0.2, 0.25) is 5.88 Å². The second-order valence-electron chi connectivity index (χ2n) is 8.13. The zero-order chi connectivity index (χ0) is 20.9. The number of pyridine rings is 1. The molecule has 0 spiro atoms. The van der Waals surface area contributed by atoms with Crippen LogP contribution >= 0.6 is 11.6 Å². The maximum Gasteiger partial charge on any atom is 0.205 e. The van der Waals surface area contributed by atoms with Gasteiger partial charge in [0.25, 0.3) is 0 Å². The van der Waals surface area contributed by atoms with Crippen molar-refractivity contribution >= 4 is 28.3 Å². The highest BCUT2D eigenvalue weighted by Gasteiger charge is 2.43. The predicted octanol–water partition coefficient (Wildman–Crippen LogP) is 4.35. The number of aromatic nitrogens is 1. The maximum atomic E-state index is 13.1. The number of hydrogen-bond donors (Lipinski definition) is 1. The van der Waals surface area contributed by atoms with E-state index in [-0.39, 0.29) is 27.8 Å². The fraction of sp³-hybridized carbons (Fsp3) is 0.318. The van der Waals surface area contributed by atoms with Crippen LogP contribution in [0.5, 0.6) is 5.75 Å². The number of allylic oxidation sites excluding steroid dienone is 3. The topological polar surface area (TPSA) is 98.2 Å². The summed E-state index contributed by atoms with van der Waals surface area (Å²) < 4.78 is 11.0. The molecule has 4 rings (SSSR count). The summed E-state index contributed by atoms with van der Waals surface area (Å²) in [5, 5.41) is 10.8. The Morgan fingerprint density at radius 3 is 2.79 bits per heavy atom. The third-order valence-electron chi connectivity index (χ3n) is 5.39. The molecule has 29 heavy (non-hydrogen) atoms. The molecule has 148 valence electrons. The summed E-state index contributed by atoms with van der Waals surface area (Å²) >= 11 is 6.54. The summed E-state index contributed by atoms with van der Waals surface area (Å²) in [6.45, 7) is 4.01. The van der Waals surface area contributed by atoms with Gasteiger partial charge in [-0.25, -0.2) is 4.98 Å². The normalized spacial score (nSPS) is 20.9. The molecule has 0 bridgehead atoms. The van der Waals surface area contributed by atoms with Crippen LogP contribution < -0.4 is 10.5 Å². The zero-order valence-electron chi connectivity index (χ0n) is 16.4. The fourth-order valence-corrected chi connectivity index (χ4v) is 4.32. The molecule has 7 heteroatoms. The Hall–Kier alpha value is -3.04. The summed E-state index contributed by atoms with van der Waals surface area (Å²) in [5.74, 6) is 0.425. The smallest absolute Gasteiger partial charge is 0.205 e. The average molecular weight is 410 g/mol. The van der Waals surface area contributed by atoms with Crippen LogP contribution in [0.1, 0.15) is 38.2 Å². The second-order valence-corrected chi connectivity index (χ2v) is 8.49. The van der Waals surface area contributed by atoms with E-state index in [0.717, 1.165) is 5.39 Å². The number of nitrogens with zero attached hydrogens (tertiary/aromatic N) is 2.